The predicted molar refractivity (Wildman–Crippen MR) is 149 cm³/mol. The maximum atomic E-state index is 13.9. The number of ether oxygens (including phenoxy) is 2. The standard InChI is InChI=1S/C30H27N3O4S/c1-30(2,3)37-28(34)26-27(23-10-7-14-31-19-23)38-17-16-33(26)29(35)32-15-13-22-18-24(11-12-25(22)32)36-20-21-8-5-4-6-9-21/h4-19H,20H2,1-3H3. The topological polar surface area (TPSA) is 73.7 Å². The van der Waals surface area contributed by atoms with Crippen LogP contribution in [0.25, 0.3) is 15.8 Å². The van der Waals surface area contributed by atoms with Crippen molar-refractivity contribution in [2.75, 3.05) is 0 Å². The number of nitrogens with zero attached hydrogens (tertiary/aromatic N) is 3. The molecule has 2 aromatic heterocycles. The zero-order valence-corrected chi connectivity index (χ0v) is 22.1. The normalized spacial score (nSPS) is 13.6. The van der Waals surface area contributed by atoms with E-state index in [2.05, 4.69) is 4.98 Å². The van der Waals surface area contributed by atoms with Crippen LogP contribution in [0.4, 0.5) is 4.79 Å². The average Bonchev–Trinajstić information content (AvgIpc) is 3.34. The second-order valence-corrected chi connectivity index (χ2v) is 10.6. The summed E-state index contributed by atoms with van der Waals surface area (Å²) in [7, 11) is 0. The Morgan fingerprint density at radius 3 is 2.55 bits per heavy atom. The van der Waals surface area contributed by atoms with Gasteiger partial charge < -0.3 is 9.47 Å². The molecular weight excluding hydrogens is 498 g/mol. The fourth-order valence-corrected chi connectivity index (χ4v) is 4.88. The Kier molecular flexibility index (Phi) is 7.07. The van der Waals surface area contributed by atoms with E-state index in [4.69, 9.17) is 9.47 Å². The number of carbonyl (C=O) groups excluding carboxylic acids is 2. The minimum absolute atomic E-state index is 0.148. The first-order valence-corrected chi connectivity index (χ1v) is 13.0. The lowest BCUT2D eigenvalue weighted by molar-refractivity contribution is -0.151. The van der Waals surface area contributed by atoms with Crippen LogP contribution in [0.3, 0.4) is 0 Å². The lowest BCUT2D eigenvalue weighted by Gasteiger charge is -2.29. The SMILES string of the molecule is CC(C)(C)OC(=O)C1=C(c2cccnc2)SC=CN1C(=O)n1ccc2cc(OCc3ccccc3)ccc21. The number of hydrogen-bond donors (Lipinski definition) is 0. The number of fused-ring (bicyclic) bond motifs is 1. The molecule has 1 amide bonds. The molecule has 1 aliphatic rings. The lowest BCUT2D eigenvalue weighted by Crippen LogP contribution is -2.37. The quantitative estimate of drug-likeness (QED) is 0.266. The Morgan fingerprint density at radius 1 is 1.00 bits per heavy atom. The third kappa shape index (κ3) is 5.50. The molecule has 0 bridgehead atoms. The molecule has 0 saturated carbocycles. The highest BCUT2D eigenvalue weighted by Crippen LogP contribution is 2.38. The summed E-state index contributed by atoms with van der Waals surface area (Å²) in [5.41, 5.74) is 1.90. The summed E-state index contributed by atoms with van der Waals surface area (Å²) in [5, 5.41) is 2.62. The molecule has 0 radical (unpaired) electrons. The predicted octanol–water partition coefficient (Wildman–Crippen LogP) is 6.81. The fourth-order valence-electron chi connectivity index (χ4n) is 4.01. The molecule has 8 heteroatoms. The molecule has 0 unspecified atom stereocenters. The van der Waals surface area contributed by atoms with Gasteiger partial charge in [-0.2, -0.15) is 0 Å². The van der Waals surface area contributed by atoms with Gasteiger partial charge in [0.15, 0.2) is 5.70 Å². The molecule has 192 valence electrons. The van der Waals surface area contributed by atoms with E-state index in [1.54, 1.807) is 57.0 Å². The number of benzene rings is 2. The van der Waals surface area contributed by atoms with Gasteiger partial charge in [0.05, 0.1) is 10.4 Å². The number of hydrogen-bond acceptors (Lipinski definition) is 6. The molecule has 38 heavy (non-hydrogen) atoms. The van der Waals surface area contributed by atoms with Crippen LogP contribution in [-0.4, -0.2) is 32.1 Å². The molecule has 2 aromatic carbocycles. The van der Waals surface area contributed by atoms with Crippen LogP contribution in [0.1, 0.15) is 31.9 Å². The average molecular weight is 526 g/mol. The Morgan fingerprint density at radius 2 is 1.82 bits per heavy atom. The molecule has 7 nitrogen and oxygen atoms in total. The van der Waals surface area contributed by atoms with E-state index in [1.807, 2.05) is 60.7 Å². The molecule has 5 rings (SSSR count). The Hall–Kier alpha value is -4.30. The van der Waals surface area contributed by atoms with E-state index in [0.29, 0.717) is 22.8 Å². The number of carbonyl (C=O) groups is 2. The molecule has 0 spiro atoms. The maximum Gasteiger partial charge on any atom is 0.357 e. The van der Waals surface area contributed by atoms with E-state index < -0.39 is 17.6 Å². The zero-order valence-electron chi connectivity index (χ0n) is 21.3. The van der Waals surface area contributed by atoms with E-state index in [9.17, 15) is 9.59 Å². The highest BCUT2D eigenvalue weighted by atomic mass is 32.2. The van der Waals surface area contributed by atoms with Crippen molar-refractivity contribution < 1.29 is 19.1 Å². The van der Waals surface area contributed by atoms with E-state index in [-0.39, 0.29) is 5.70 Å². The van der Waals surface area contributed by atoms with Crippen LogP contribution in [0.2, 0.25) is 0 Å². The number of amides is 1. The summed E-state index contributed by atoms with van der Waals surface area (Å²) in [6, 6.07) is 20.6. The molecule has 0 saturated heterocycles. The maximum absolute atomic E-state index is 13.9. The molecule has 1 aliphatic heterocycles. The smallest absolute Gasteiger partial charge is 0.357 e. The van der Waals surface area contributed by atoms with Gasteiger partial charge in [0, 0.05) is 35.7 Å². The summed E-state index contributed by atoms with van der Waals surface area (Å²) in [4.78, 5) is 33.4. The highest BCUT2D eigenvalue weighted by Gasteiger charge is 2.33. The van der Waals surface area contributed by atoms with Crippen molar-refractivity contribution in [1.29, 1.82) is 0 Å². The highest BCUT2D eigenvalue weighted by molar-refractivity contribution is 8.11. The van der Waals surface area contributed by atoms with Crippen molar-refractivity contribution in [3.63, 3.8) is 0 Å². The molecule has 0 fully saturated rings. The van der Waals surface area contributed by atoms with Gasteiger partial charge in [-0.05, 0) is 62.1 Å². The monoisotopic (exact) mass is 525 g/mol. The van der Waals surface area contributed by atoms with Crippen LogP contribution < -0.4 is 4.74 Å². The van der Waals surface area contributed by atoms with Gasteiger partial charge in [-0.25, -0.2) is 9.59 Å². The molecule has 4 aromatic rings. The third-order valence-electron chi connectivity index (χ3n) is 5.69. The fraction of sp³-hybridized carbons (Fsp3) is 0.167. The van der Waals surface area contributed by atoms with Gasteiger partial charge in [0.25, 0.3) is 0 Å². The van der Waals surface area contributed by atoms with E-state index in [0.717, 1.165) is 16.5 Å². The molecule has 0 aliphatic carbocycles. The molecule has 0 N–H and O–H groups in total. The second-order valence-electron chi connectivity index (χ2n) is 9.66. The summed E-state index contributed by atoms with van der Waals surface area (Å²) >= 11 is 1.34. The largest absolute Gasteiger partial charge is 0.489 e. The van der Waals surface area contributed by atoms with Crippen molar-refractivity contribution in [2.24, 2.45) is 0 Å². The first kappa shape index (κ1) is 25.4. The summed E-state index contributed by atoms with van der Waals surface area (Å²) in [6.45, 7) is 5.83. The number of pyridine rings is 1. The van der Waals surface area contributed by atoms with Crippen molar-refractivity contribution >= 4 is 39.6 Å². The number of thioether (sulfide) groups is 1. The Bertz CT molecular complexity index is 1540. The van der Waals surface area contributed by atoms with E-state index in [1.165, 1.54) is 21.2 Å². The van der Waals surface area contributed by atoms with Gasteiger partial charge >= 0.3 is 12.0 Å². The first-order valence-electron chi connectivity index (χ1n) is 12.1. The molecule has 0 atom stereocenters. The van der Waals surface area contributed by atoms with Gasteiger partial charge in [-0.1, -0.05) is 48.2 Å². The van der Waals surface area contributed by atoms with Crippen LogP contribution in [0, 0.1) is 0 Å². The summed E-state index contributed by atoms with van der Waals surface area (Å²) in [5.74, 6) is 0.114. The van der Waals surface area contributed by atoms with Crippen molar-refractivity contribution in [2.45, 2.75) is 33.0 Å². The van der Waals surface area contributed by atoms with Gasteiger partial charge in [-0.3, -0.25) is 14.5 Å². The van der Waals surface area contributed by atoms with Gasteiger partial charge in [0.2, 0.25) is 0 Å². The van der Waals surface area contributed by atoms with Crippen LogP contribution >= 0.6 is 11.8 Å². The van der Waals surface area contributed by atoms with Crippen LogP contribution in [0.5, 0.6) is 5.75 Å². The van der Waals surface area contributed by atoms with Crippen LogP contribution in [0.15, 0.2) is 103 Å². The molecular formula is C30H27N3O4S. The Balaban J connectivity index is 1.47. The van der Waals surface area contributed by atoms with Gasteiger partial charge in [0.1, 0.15) is 18.0 Å². The van der Waals surface area contributed by atoms with E-state index >= 15 is 0 Å². The Labute approximate surface area is 225 Å². The van der Waals surface area contributed by atoms with Crippen molar-refractivity contribution in [3.05, 3.63) is 114 Å². The number of esters is 1. The van der Waals surface area contributed by atoms with Crippen molar-refractivity contribution in [3.8, 4) is 5.75 Å². The minimum atomic E-state index is -0.735. The third-order valence-corrected chi connectivity index (χ3v) is 6.61. The molecule has 3 heterocycles. The number of aromatic nitrogens is 2. The lowest BCUT2D eigenvalue weighted by atomic mass is 10.2. The van der Waals surface area contributed by atoms with Gasteiger partial charge in [-0.15, -0.1) is 0 Å². The zero-order chi connectivity index (χ0) is 26.7. The first-order chi connectivity index (χ1) is 18.3. The number of rotatable bonds is 5. The second kappa shape index (κ2) is 10.6. The van der Waals surface area contributed by atoms with Crippen LogP contribution in [-0.2, 0) is 16.1 Å². The summed E-state index contributed by atoms with van der Waals surface area (Å²) in [6.07, 6.45) is 6.61. The summed E-state index contributed by atoms with van der Waals surface area (Å²) < 4.78 is 13.2. The van der Waals surface area contributed by atoms with Crippen molar-refractivity contribution in [1.82, 2.24) is 14.5 Å². The minimum Gasteiger partial charge on any atom is -0.489 e.